The Morgan fingerprint density at radius 1 is 1.28 bits per heavy atom. The van der Waals surface area contributed by atoms with Crippen molar-refractivity contribution < 1.29 is 9.53 Å². The average Bonchev–Trinajstić information content (AvgIpc) is 3.17. The van der Waals surface area contributed by atoms with Gasteiger partial charge in [0.15, 0.2) is 0 Å². The summed E-state index contributed by atoms with van der Waals surface area (Å²) in [6.45, 7) is 6.26. The predicted molar refractivity (Wildman–Crippen MR) is 71.6 cm³/mol. The standard InChI is InChI=1S/C15H21NO2/c1-9-5-8-13(11(3)10(9)2)14(15(17)18-4)16-12-6-7-12/h5,8,12,14,16H,6-7H2,1-4H3. The van der Waals surface area contributed by atoms with Crippen LogP contribution in [0.2, 0.25) is 0 Å². The van der Waals surface area contributed by atoms with Crippen molar-refractivity contribution in [1.82, 2.24) is 5.32 Å². The van der Waals surface area contributed by atoms with Gasteiger partial charge in [-0.2, -0.15) is 0 Å². The zero-order valence-electron chi connectivity index (χ0n) is 11.5. The summed E-state index contributed by atoms with van der Waals surface area (Å²) in [5, 5.41) is 3.37. The third-order valence-corrected chi connectivity index (χ3v) is 3.83. The van der Waals surface area contributed by atoms with Crippen molar-refractivity contribution in [1.29, 1.82) is 0 Å². The first-order valence-corrected chi connectivity index (χ1v) is 6.45. The van der Waals surface area contributed by atoms with Gasteiger partial charge in [0.2, 0.25) is 0 Å². The quantitative estimate of drug-likeness (QED) is 0.831. The lowest BCUT2D eigenvalue weighted by molar-refractivity contribution is -0.143. The highest BCUT2D eigenvalue weighted by Crippen LogP contribution is 2.28. The van der Waals surface area contributed by atoms with Crippen molar-refractivity contribution >= 4 is 5.97 Å². The fourth-order valence-electron chi connectivity index (χ4n) is 2.18. The highest BCUT2D eigenvalue weighted by atomic mass is 16.5. The molecule has 0 aliphatic heterocycles. The maximum atomic E-state index is 11.9. The molecule has 2 rings (SSSR count). The van der Waals surface area contributed by atoms with Gasteiger partial charge in [0, 0.05) is 6.04 Å². The molecule has 0 radical (unpaired) electrons. The molecule has 0 bridgehead atoms. The van der Waals surface area contributed by atoms with E-state index in [0.717, 1.165) is 18.4 Å². The third kappa shape index (κ3) is 2.56. The number of rotatable bonds is 4. The van der Waals surface area contributed by atoms with E-state index >= 15 is 0 Å². The number of methoxy groups -OCH3 is 1. The number of carbonyl (C=O) groups is 1. The molecule has 0 amide bonds. The summed E-state index contributed by atoms with van der Waals surface area (Å²) in [7, 11) is 1.44. The van der Waals surface area contributed by atoms with Crippen LogP contribution in [0.1, 0.15) is 41.1 Å². The molecule has 18 heavy (non-hydrogen) atoms. The second-order valence-corrected chi connectivity index (χ2v) is 5.12. The number of carbonyl (C=O) groups excluding carboxylic acids is 1. The number of nitrogens with one attached hydrogen (secondary N) is 1. The predicted octanol–water partition coefficient (Wildman–Crippen LogP) is 2.58. The molecule has 0 aromatic heterocycles. The number of hydrogen-bond donors (Lipinski definition) is 1. The lowest BCUT2D eigenvalue weighted by Gasteiger charge is -2.20. The van der Waals surface area contributed by atoms with E-state index in [2.05, 4.69) is 32.2 Å². The van der Waals surface area contributed by atoms with Crippen LogP contribution >= 0.6 is 0 Å². The fourth-order valence-corrected chi connectivity index (χ4v) is 2.18. The maximum Gasteiger partial charge on any atom is 0.327 e. The molecule has 1 aliphatic rings. The zero-order chi connectivity index (χ0) is 13.3. The molecule has 1 fully saturated rings. The minimum Gasteiger partial charge on any atom is -0.468 e. The second-order valence-electron chi connectivity index (χ2n) is 5.12. The van der Waals surface area contributed by atoms with Gasteiger partial charge in [0.05, 0.1) is 7.11 Å². The molecular weight excluding hydrogens is 226 g/mol. The molecule has 3 nitrogen and oxygen atoms in total. The Morgan fingerprint density at radius 3 is 2.50 bits per heavy atom. The van der Waals surface area contributed by atoms with Crippen molar-refractivity contribution in [3.63, 3.8) is 0 Å². The maximum absolute atomic E-state index is 11.9. The highest BCUT2D eigenvalue weighted by Gasteiger charge is 2.31. The summed E-state index contributed by atoms with van der Waals surface area (Å²) in [6.07, 6.45) is 2.30. The molecule has 1 aliphatic carbocycles. The molecule has 1 atom stereocenters. The molecule has 98 valence electrons. The lowest BCUT2D eigenvalue weighted by Crippen LogP contribution is -2.32. The van der Waals surface area contributed by atoms with E-state index in [1.54, 1.807) is 0 Å². The topological polar surface area (TPSA) is 38.3 Å². The smallest absolute Gasteiger partial charge is 0.327 e. The normalized spacial score (nSPS) is 16.4. The minimum absolute atomic E-state index is 0.201. The molecule has 3 heteroatoms. The van der Waals surface area contributed by atoms with E-state index in [9.17, 15) is 4.79 Å². The van der Waals surface area contributed by atoms with Gasteiger partial charge in [0.25, 0.3) is 0 Å². The van der Waals surface area contributed by atoms with Crippen LogP contribution in [-0.4, -0.2) is 19.1 Å². The van der Waals surface area contributed by atoms with Crippen molar-refractivity contribution in [2.24, 2.45) is 0 Å². The van der Waals surface area contributed by atoms with E-state index in [1.165, 1.54) is 23.8 Å². The summed E-state index contributed by atoms with van der Waals surface area (Å²) in [6, 6.07) is 4.24. The summed E-state index contributed by atoms with van der Waals surface area (Å²) in [5.74, 6) is -0.201. The lowest BCUT2D eigenvalue weighted by atomic mass is 9.94. The third-order valence-electron chi connectivity index (χ3n) is 3.83. The molecule has 0 heterocycles. The van der Waals surface area contributed by atoms with Crippen molar-refractivity contribution in [2.75, 3.05) is 7.11 Å². The van der Waals surface area contributed by atoms with Gasteiger partial charge in [-0.05, 0) is 55.9 Å². The van der Waals surface area contributed by atoms with E-state index < -0.39 is 0 Å². The van der Waals surface area contributed by atoms with Crippen LogP contribution in [0.3, 0.4) is 0 Å². The summed E-state index contributed by atoms with van der Waals surface area (Å²) in [4.78, 5) is 11.9. The van der Waals surface area contributed by atoms with E-state index in [0.29, 0.717) is 6.04 Å². The summed E-state index contributed by atoms with van der Waals surface area (Å²) in [5.41, 5.74) is 4.72. The van der Waals surface area contributed by atoms with Crippen molar-refractivity contribution in [3.05, 3.63) is 34.4 Å². The number of aryl methyl sites for hydroxylation is 1. The van der Waals surface area contributed by atoms with Crippen LogP contribution in [0.4, 0.5) is 0 Å². The van der Waals surface area contributed by atoms with Gasteiger partial charge in [-0.15, -0.1) is 0 Å². The fraction of sp³-hybridized carbons (Fsp3) is 0.533. The summed E-state index contributed by atoms with van der Waals surface area (Å²) < 4.78 is 4.92. The van der Waals surface area contributed by atoms with Crippen LogP contribution in [0, 0.1) is 20.8 Å². The molecule has 1 aromatic carbocycles. The Kier molecular flexibility index (Phi) is 3.71. The molecule has 0 spiro atoms. The van der Waals surface area contributed by atoms with Gasteiger partial charge in [-0.1, -0.05) is 12.1 Å². The Morgan fingerprint density at radius 2 is 1.94 bits per heavy atom. The Labute approximate surface area is 109 Å². The Balaban J connectivity index is 2.34. The zero-order valence-corrected chi connectivity index (χ0v) is 11.5. The molecular formula is C15H21NO2. The molecule has 1 N–H and O–H groups in total. The van der Waals surface area contributed by atoms with Crippen molar-refractivity contribution in [2.45, 2.75) is 45.7 Å². The van der Waals surface area contributed by atoms with Gasteiger partial charge in [-0.25, -0.2) is 4.79 Å². The largest absolute Gasteiger partial charge is 0.468 e. The molecule has 1 aromatic rings. The number of benzene rings is 1. The van der Waals surface area contributed by atoms with Crippen molar-refractivity contribution in [3.8, 4) is 0 Å². The van der Waals surface area contributed by atoms with Crippen LogP contribution in [0.5, 0.6) is 0 Å². The number of esters is 1. The summed E-state index contributed by atoms with van der Waals surface area (Å²) >= 11 is 0. The first-order valence-electron chi connectivity index (χ1n) is 6.45. The molecule has 0 saturated heterocycles. The average molecular weight is 247 g/mol. The molecule has 1 saturated carbocycles. The van der Waals surface area contributed by atoms with Gasteiger partial charge in [0.1, 0.15) is 6.04 Å². The SMILES string of the molecule is COC(=O)C(NC1CC1)c1ccc(C)c(C)c1C. The van der Waals surface area contributed by atoms with Crippen LogP contribution in [-0.2, 0) is 9.53 Å². The van der Waals surface area contributed by atoms with Gasteiger partial charge >= 0.3 is 5.97 Å². The van der Waals surface area contributed by atoms with E-state index in [1.807, 2.05) is 6.07 Å². The van der Waals surface area contributed by atoms with Crippen LogP contribution < -0.4 is 5.32 Å². The first kappa shape index (κ1) is 13.1. The first-order chi connectivity index (χ1) is 8.54. The second kappa shape index (κ2) is 5.11. The van der Waals surface area contributed by atoms with Crippen LogP contribution in [0.15, 0.2) is 12.1 Å². The Hall–Kier alpha value is -1.35. The molecule has 1 unspecified atom stereocenters. The van der Waals surface area contributed by atoms with Crippen LogP contribution in [0.25, 0.3) is 0 Å². The van der Waals surface area contributed by atoms with E-state index in [4.69, 9.17) is 4.74 Å². The minimum atomic E-state index is -0.332. The monoisotopic (exact) mass is 247 g/mol. The van der Waals surface area contributed by atoms with Gasteiger partial charge < -0.3 is 4.74 Å². The highest BCUT2D eigenvalue weighted by molar-refractivity contribution is 5.78. The number of ether oxygens (including phenoxy) is 1. The number of hydrogen-bond acceptors (Lipinski definition) is 3. The van der Waals surface area contributed by atoms with E-state index in [-0.39, 0.29) is 12.0 Å². The Bertz CT molecular complexity index is 464. The van der Waals surface area contributed by atoms with Gasteiger partial charge in [-0.3, -0.25) is 5.32 Å².